The summed E-state index contributed by atoms with van der Waals surface area (Å²) in [6.45, 7) is 6.18. The average molecular weight is 366 g/mol. The van der Waals surface area contributed by atoms with Gasteiger partial charge in [0.15, 0.2) is 5.82 Å². The first kappa shape index (κ1) is 17.3. The number of thioether (sulfide) groups is 1. The SMILES string of the molecule is C[C@@H]1CCC[C@@H](C)N1C(=O)[C@@H](C)Sc1nnc(-c2cccs2)n1N. The molecule has 0 spiro atoms. The van der Waals surface area contributed by atoms with Crippen molar-refractivity contribution in [1.29, 1.82) is 0 Å². The Morgan fingerprint density at radius 1 is 1.38 bits per heavy atom. The lowest BCUT2D eigenvalue weighted by Crippen LogP contribution is -2.50. The van der Waals surface area contributed by atoms with Gasteiger partial charge in [0.2, 0.25) is 11.1 Å². The Balaban J connectivity index is 1.73. The number of carbonyl (C=O) groups is 1. The van der Waals surface area contributed by atoms with Crippen LogP contribution in [0.25, 0.3) is 10.7 Å². The van der Waals surface area contributed by atoms with Crippen molar-refractivity contribution < 1.29 is 4.79 Å². The van der Waals surface area contributed by atoms with Crippen molar-refractivity contribution in [3.8, 4) is 10.7 Å². The van der Waals surface area contributed by atoms with Crippen molar-refractivity contribution in [3.05, 3.63) is 17.5 Å². The zero-order valence-corrected chi connectivity index (χ0v) is 15.8. The van der Waals surface area contributed by atoms with Gasteiger partial charge in [0.1, 0.15) is 0 Å². The second kappa shape index (κ2) is 7.14. The molecule has 2 N–H and O–H groups in total. The predicted molar refractivity (Wildman–Crippen MR) is 98.4 cm³/mol. The van der Waals surface area contributed by atoms with Crippen LogP contribution in [0.4, 0.5) is 0 Å². The quantitative estimate of drug-likeness (QED) is 0.666. The van der Waals surface area contributed by atoms with Gasteiger partial charge in [-0.2, -0.15) is 0 Å². The fraction of sp³-hybridized carbons (Fsp3) is 0.562. The van der Waals surface area contributed by atoms with E-state index in [2.05, 4.69) is 24.0 Å². The Labute approximate surface area is 150 Å². The molecule has 0 aromatic carbocycles. The minimum Gasteiger partial charge on any atom is -0.336 e. The van der Waals surface area contributed by atoms with Gasteiger partial charge in [-0.15, -0.1) is 21.5 Å². The lowest BCUT2D eigenvalue weighted by atomic mass is 9.97. The molecule has 2 aromatic heterocycles. The molecule has 0 saturated carbocycles. The second-order valence-electron chi connectivity index (χ2n) is 6.29. The van der Waals surface area contributed by atoms with Crippen LogP contribution in [-0.2, 0) is 4.79 Å². The molecule has 8 heteroatoms. The molecule has 0 radical (unpaired) electrons. The van der Waals surface area contributed by atoms with Crippen molar-refractivity contribution in [3.63, 3.8) is 0 Å². The molecule has 6 nitrogen and oxygen atoms in total. The summed E-state index contributed by atoms with van der Waals surface area (Å²) in [5.74, 6) is 6.91. The number of nitrogens with zero attached hydrogens (tertiary/aromatic N) is 4. The van der Waals surface area contributed by atoms with E-state index in [1.807, 2.05) is 29.3 Å². The molecule has 130 valence electrons. The van der Waals surface area contributed by atoms with Crippen LogP contribution in [-0.4, -0.2) is 43.0 Å². The van der Waals surface area contributed by atoms with Crippen LogP contribution in [0.5, 0.6) is 0 Å². The summed E-state index contributed by atoms with van der Waals surface area (Å²) in [4.78, 5) is 15.9. The first-order chi connectivity index (χ1) is 11.5. The number of aromatic nitrogens is 3. The van der Waals surface area contributed by atoms with E-state index in [1.54, 1.807) is 11.3 Å². The third-order valence-corrected chi connectivity index (χ3v) is 6.39. The number of nitrogens with two attached hydrogens (primary N) is 1. The number of amides is 1. The van der Waals surface area contributed by atoms with Crippen molar-refractivity contribution in [2.24, 2.45) is 0 Å². The molecule has 1 amide bonds. The second-order valence-corrected chi connectivity index (χ2v) is 8.54. The molecule has 1 aliphatic heterocycles. The third kappa shape index (κ3) is 3.30. The van der Waals surface area contributed by atoms with E-state index >= 15 is 0 Å². The fourth-order valence-electron chi connectivity index (χ4n) is 3.21. The number of carbonyl (C=O) groups excluding carboxylic acids is 1. The van der Waals surface area contributed by atoms with Gasteiger partial charge in [0.05, 0.1) is 10.1 Å². The zero-order chi connectivity index (χ0) is 17.3. The smallest absolute Gasteiger partial charge is 0.236 e. The molecule has 3 rings (SSSR count). The number of nitrogen functional groups attached to an aromatic ring is 1. The highest BCUT2D eigenvalue weighted by molar-refractivity contribution is 8.00. The van der Waals surface area contributed by atoms with Crippen LogP contribution < -0.4 is 5.84 Å². The Bertz CT molecular complexity index is 689. The maximum Gasteiger partial charge on any atom is 0.236 e. The topological polar surface area (TPSA) is 77.0 Å². The first-order valence-electron chi connectivity index (χ1n) is 8.22. The Morgan fingerprint density at radius 3 is 2.71 bits per heavy atom. The van der Waals surface area contributed by atoms with Gasteiger partial charge in [0, 0.05) is 12.1 Å². The first-order valence-corrected chi connectivity index (χ1v) is 9.98. The van der Waals surface area contributed by atoms with Crippen LogP contribution in [0.3, 0.4) is 0 Å². The Morgan fingerprint density at radius 2 is 2.08 bits per heavy atom. The molecule has 0 unspecified atom stereocenters. The predicted octanol–water partition coefficient (Wildman–Crippen LogP) is 2.99. The third-order valence-electron chi connectivity index (χ3n) is 4.48. The minimum absolute atomic E-state index is 0.153. The molecule has 0 aliphatic carbocycles. The summed E-state index contributed by atoms with van der Waals surface area (Å²) in [6, 6.07) is 4.49. The molecule has 24 heavy (non-hydrogen) atoms. The highest BCUT2D eigenvalue weighted by atomic mass is 32.2. The highest BCUT2D eigenvalue weighted by Gasteiger charge is 2.32. The summed E-state index contributed by atoms with van der Waals surface area (Å²) in [5, 5.41) is 10.6. The maximum absolute atomic E-state index is 12.9. The lowest BCUT2D eigenvalue weighted by Gasteiger charge is -2.40. The van der Waals surface area contributed by atoms with Crippen LogP contribution in [0, 0.1) is 0 Å². The van der Waals surface area contributed by atoms with E-state index < -0.39 is 0 Å². The van der Waals surface area contributed by atoms with Crippen molar-refractivity contribution in [1.82, 2.24) is 19.8 Å². The van der Waals surface area contributed by atoms with E-state index in [4.69, 9.17) is 5.84 Å². The number of piperidine rings is 1. The number of hydrogen-bond acceptors (Lipinski definition) is 6. The number of rotatable bonds is 4. The highest BCUT2D eigenvalue weighted by Crippen LogP contribution is 2.30. The molecule has 1 fully saturated rings. The Hall–Kier alpha value is -1.54. The van der Waals surface area contributed by atoms with Gasteiger partial charge in [0.25, 0.3) is 0 Å². The van der Waals surface area contributed by atoms with Crippen LogP contribution in [0.2, 0.25) is 0 Å². The lowest BCUT2D eigenvalue weighted by molar-refractivity contribution is -0.136. The van der Waals surface area contributed by atoms with Gasteiger partial charge in [-0.05, 0) is 51.5 Å². The van der Waals surface area contributed by atoms with Crippen molar-refractivity contribution in [2.75, 3.05) is 5.84 Å². The van der Waals surface area contributed by atoms with Gasteiger partial charge < -0.3 is 10.7 Å². The van der Waals surface area contributed by atoms with Crippen molar-refractivity contribution >= 4 is 29.0 Å². The van der Waals surface area contributed by atoms with Gasteiger partial charge in [-0.1, -0.05) is 17.8 Å². The van der Waals surface area contributed by atoms with E-state index in [0.717, 1.165) is 17.7 Å². The van der Waals surface area contributed by atoms with Gasteiger partial charge in [-0.3, -0.25) is 4.79 Å². The molecule has 0 bridgehead atoms. The molecule has 1 saturated heterocycles. The minimum atomic E-state index is -0.240. The Kier molecular flexibility index (Phi) is 5.15. The molecule has 3 atom stereocenters. The van der Waals surface area contributed by atoms with Crippen LogP contribution in [0.1, 0.15) is 40.0 Å². The van der Waals surface area contributed by atoms with Gasteiger partial charge in [-0.25, -0.2) is 4.68 Å². The summed E-state index contributed by atoms with van der Waals surface area (Å²) in [7, 11) is 0. The molecular weight excluding hydrogens is 342 g/mol. The van der Waals surface area contributed by atoms with E-state index in [9.17, 15) is 4.79 Å². The van der Waals surface area contributed by atoms with E-state index in [1.165, 1.54) is 22.9 Å². The largest absolute Gasteiger partial charge is 0.336 e. The molecular formula is C16H23N5OS2. The summed E-state index contributed by atoms with van der Waals surface area (Å²) < 4.78 is 1.48. The average Bonchev–Trinajstić information content (AvgIpc) is 3.17. The normalized spacial score (nSPS) is 22.5. The van der Waals surface area contributed by atoms with Crippen LogP contribution >= 0.6 is 23.1 Å². The number of thiophene rings is 1. The van der Waals surface area contributed by atoms with Crippen LogP contribution in [0.15, 0.2) is 22.7 Å². The van der Waals surface area contributed by atoms with E-state index in [0.29, 0.717) is 23.1 Å². The number of likely N-dealkylation sites (tertiary alicyclic amines) is 1. The summed E-state index contributed by atoms with van der Waals surface area (Å²) in [6.07, 6.45) is 3.33. The summed E-state index contributed by atoms with van der Waals surface area (Å²) in [5.41, 5.74) is 0. The standard InChI is InChI=1S/C16H23N5OS2/c1-10-6-4-7-11(2)20(10)15(22)12(3)24-16-19-18-14(21(16)17)13-8-5-9-23-13/h5,8-12H,4,6-7,17H2,1-3H3/t10-,11-,12-/m1/s1. The monoisotopic (exact) mass is 365 g/mol. The van der Waals surface area contributed by atoms with E-state index in [-0.39, 0.29) is 11.2 Å². The maximum atomic E-state index is 12.9. The molecule has 3 heterocycles. The number of hydrogen-bond donors (Lipinski definition) is 1. The zero-order valence-electron chi connectivity index (χ0n) is 14.2. The molecule has 2 aromatic rings. The summed E-state index contributed by atoms with van der Waals surface area (Å²) >= 11 is 2.94. The van der Waals surface area contributed by atoms with Crippen molar-refractivity contribution in [2.45, 2.75) is 62.5 Å². The van der Waals surface area contributed by atoms with Gasteiger partial charge >= 0.3 is 0 Å². The fourth-order valence-corrected chi connectivity index (χ4v) is 4.74. The molecule has 1 aliphatic rings.